The van der Waals surface area contributed by atoms with E-state index in [1.165, 1.54) is 16.8 Å². The SMILES string of the molecule is O=c1ccn([C@@H]2O[C@H](CO)[C@@H](O)[C@]23CCCN3)c(=O)[nH]1. The molecule has 0 radical (unpaired) electrons. The Kier molecular flexibility index (Phi) is 3.25. The third-order valence-corrected chi connectivity index (χ3v) is 4.13. The second-order valence-corrected chi connectivity index (χ2v) is 5.24. The second kappa shape index (κ2) is 4.81. The first-order valence-electron chi connectivity index (χ1n) is 6.59. The number of aliphatic hydroxyl groups is 2. The highest BCUT2D eigenvalue weighted by molar-refractivity contribution is 5.10. The zero-order valence-electron chi connectivity index (χ0n) is 10.8. The van der Waals surface area contributed by atoms with E-state index in [0.717, 1.165) is 6.42 Å². The van der Waals surface area contributed by atoms with E-state index >= 15 is 0 Å². The number of hydrogen-bond acceptors (Lipinski definition) is 6. The first-order chi connectivity index (χ1) is 9.58. The molecular weight excluding hydrogens is 266 g/mol. The molecule has 2 aliphatic heterocycles. The molecule has 110 valence electrons. The minimum absolute atomic E-state index is 0.334. The minimum Gasteiger partial charge on any atom is -0.394 e. The summed E-state index contributed by atoms with van der Waals surface area (Å²) in [5, 5.41) is 22.9. The van der Waals surface area contributed by atoms with Gasteiger partial charge in [-0.05, 0) is 19.4 Å². The summed E-state index contributed by atoms with van der Waals surface area (Å²) in [5.74, 6) is 0. The Morgan fingerprint density at radius 3 is 2.90 bits per heavy atom. The highest BCUT2D eigenvalue weighted by atomic mass is 16.5. The van der Waals surface area contributed by atoms with Crippen LogP contribution >= 0.6 is 0 Å². The van der Waals surface area contributed by atoms with Gasteiger partial charge in [-0.15, -0.1) is 0 Å². The number of aromatic amines is 1. The van der Waals surface area contributed by atoms with Gasteiger partial charge < -0.3 is 20.3 Å². The average molecular weight is 283 g/mol. The number of hydrogen-bond donors (Lipinski definition) is 4. The van der Waals surface area contributed by atoms with E-state index in [0.29, 0.717) is 13.0 Å². The molecule has 0 bridgehead atoms. The number of ether oxygens (including phenoxy) is 1. The van der Waals surface area contributed by atoms with Crippen LogP contribution in [0.25, 0.3) is 0 Å². The van der Waals surface area contributed by atoms with Crippen molar-refractivity contribution < 1.29 is 14.9 Å². The molecule has 20 heavy (non-hydrogen) atoms. The maximum absolute atomic E-state index is 11.9. The molecule has 0 aromatic carbocycles. The zero-order chi connectivity index (χ0) is 14.3. The summed E-state index contributed by atoms with van der Waals surface area (Å²) < 4.78 is 6.89. The standard InChI is InChI=1S/C12H17N3O5/c16-6-7-9(18)12(3-1-4-13-12)10(20-7)15-5-2-8(17)14-11(15)19/h2,5,7,9-10,13,16,18H,1,3-4,6H2,(H,14,17,19)/t7-,9-,10-,12-/m1/s1. The molecule has 8 heteroatoms. The molecular formula is C12H17N3O5. The van der Waals surface area contributed by atoms with E-state index in [9.17, 15) is 19.8 Å². The Morgan fingerprint density at radius 1 is 1.50 bits per heavy atom. The summed E-state index contributed by atoms with van der Waals surface area (Å²) in [5.41, 5.74) is -1.89. The van der Waals surface area contributed by atoms with E-state index in [1.807, 2.05) is 0 Å². The summed E-state index contributed by atoms with van der Waals surface area (Å²) in [4.78, 5) is 25.2. The van der Waals surface area contributed by atoms with E-state index < -0.39 is 35.2 Å². The molecule has 0 saturated carbocycles. The van der Waals surface area contributed by atoms with Crippen LogP contribution in [0.1, 0.15) is 19.1 Å². The van der Waals surface area contributed by atoms with Crippen molar-refractivity contribution in [3.8, 4) is 0 Å². The van der Waals surface area contributed by atoms with E-state index in [1.54, 1.807) is 0 Å². The molecule has 1 aromatic rings. The second-order valence-electron chi connectivity index (χ2n) is 5.24. The van der Waals surface area contributed by atoms with Crippen LogP contribution in [0.5, 0.6) is 0 Å². The van der Waals surface area contributed by atoms with Crippen LogP contribution in [-0.2, 0) is 4.74 Å². The third-order valence-electron chi connectivity index (χ3n) is 4.13. The number of nitrogens with zero attached hydrogens (tertiary/aromatic N) is 1. The maximum atomic E-state index is 11.9. The fourth-order valence-electron chi connectivity index (χ4n) is 3.16. The van der Waals surface area contributed by atoms with Crippen molar-refractivity contribution in [2.75, 3.05) is 13.2 Å². The summed E-state index contributed by atoms with van der Waals surface area (Å²) in [6, 6.07) is 1.23. The Bertz CT molecular complexity index is 604. The summed E-state index contributed by atoms with van der Waals surface area (Å²) >= 11 is 0. The van der Waals surface area contributed by atoms with Crippen LogP contribution in [0.3, 0.4) is 0 Å². The first kappa shape index (κ1) is 13.5. The number of H-pyrrole nitrogens is 1. The molecule has 0 aliphatic carbocycles. The molecule has 2 saturated heterocycles. The van der Waals surface area contributed by atoms with Crippen LogP contribution in [0.4, 0.5) is 0 Å². The van der Waals surface area contributed by atoms with Gasteiger partial charge in [0.1, 0.15) is 12.2 Å². The average Bonchev–Trinajstić information content (AvgIpc) is 3.00. The lowest BCUT2D eigenvalue weighted by Gasteiger charge is -2.33. The topological polar surface area (TPSA) is 117 Å². The van der Waals surface area contributed by atoms with Crippen molar-refractivity contribution >= 4 is 0 Å². The van der Waals surface area contributed by atoms with Gasteiger partial charge in [-0.2, -0.15) is 0 Å². The third kappa shape index (κ3) is 1.84. The number of aliphatic hydroxyl groups excluding tert-OH is 2. The van der Waals surface area contributed by atoms with Gasteiger partial charge in [0.2, 0.25) is 0 Å². The van der Waals surface area contributed by atoms with Gasteiger partial charge in [0.25, 0.3) is 5.56 Å². The van der Waals surface area contributed by atoms with Crippen molar-refractivity contribution in [3.05, 3.63) is 33.1 Å². The maximum Gasteiger partial charge on any atom is 0.330 e. The monoisotopic (exact) mass is 283 g/mol. The molecule has 3 rings (SSSR count). The molecule has 4 atom stereocenters. The fourth-order valence-corrected chi connectivity index (χ4v) is 3.16. The number of aromatic nitrogens is 2. The van der Waals surface area contributed by atoms with Gasteiger partial charge in [-0.1, -0.05) is 0 Å². The van der Waals surface area contributed by atoms with Crippen LogP contribution < -0.4 is 16.6 Å². The van der Waals surface area contributed by atoms with Crippen molar-refractivity contribution in [2.45, 2.75) is 36.8 Å². The van der Waals surface area contributed by atoms with Gasteiger partial charge in [-0.25, -0.2) is 4.79 Å². The van der Waals surface area contributed by atoms with Crippen molar-refractivity contribution in [3.63, 3.8) is 0 Å². The lowest BCUT2D eigenvalue weighted by atomic mass is 9.88. The largest absolute Gasteiger partial charge is 0.394 e. The van der Waals surface area contributed by atoms with Gasteiger partial charge in [0.15, 0.2) is 6.23 Å². The van der Waals surface area contributed by atoms with Crippen LogP contribution in [-0.4, -0.2) is 50.7 Å². The molecule has 1 aromatic heterocycles. The Morgan fingerprint density at radius 2 is 2.30 bits per heavy atom. The van der Waals surface area contributed by atoms with Gasteiger partial charge >= 0.3 is 5.69 Å². The van der Waals surface area contributed by atoms with Gasteiger partial charge in [-0.3, -0.25) is 14.3 Å². The Balaban J connectivity index is 2.06. The number of nitrogens with one attached hydrogen (secondary N) is 2. The van der Waals surface area contributed by atoms with Crippen molar-refractivity contribution in [1.82, 2.24) is 14.9 Å². The molecule has 0 amide bonds. The van der Waals surface area contributed by atoms with Crippen molar-refractivity contribution in [2.24, 2.45) is 0 Å². The lowest BCUT2D eigenvalue weighted by molar-refractivity contribution is -0.0503. The predicted octanol–water partition coefficient (Wildman–Crippen LogP) is -2.09. The molecule has 1 spiro atoms. The van der Waals surface area contributed by atoms with E-state index in [2.05, 4.69) is 10.3 Å². The molecule has 2 fully saturated rings. The molecule has 8 nitrogen and oxygen atoms in total. The molecule has 3 heterocycles. The Hall–Kier alpha value is -1.48. The quantitative estimate of drug-likeness (QED) is 0.494. The van der Waals surface area contributed by atoms with E-state index in [-0.39, 0.29) is 6.61 Å². The molecule has 0 unspecified atom stereocenters. The zero-order valence-corrected chi connectivity index (χ0v) is 10.8. The van der Waals surface area contributed by atoms with Crippen LogP contribution in [0.2, 0.25) is 0 Å². The normalized spacial score (nSPS) is 36.8. The first-order valence-corrected chi connectivity index (χ1v) is 6.59. The predicted molar refractivity (Wildman–Crippen MR) is 68.3 cm³/mol. The number of rotatable bonds is 2. The Labute approximate surface area is 114 Å². The molecule has 4 N–H and O–H groups in total. The van der Waals surface area contributed by atoms with E-state index in [4.69, 9.17) is 4.74 Å². The molecule has 2 aliphatic rings. The van der Waals surface area contributed by atoms with Gasteiger partial charge in [0, 0.05) is 12.3 Å². The minimum atomic E-state index is -0.918. The highest BCUT2D eigenvalue weighted by Crippen LogP contribution is 2.42. The van der Waals surface area contributed by atoms with Crippen LogP contribution in [0, 0.1) is 0 Å². The van der Waals surface area contributed by atoms with Crippen LogP contribution in [0.15, 0.2) is 21.9 Å². The van der Waals surface area contributed by atoms with Crippen molar-refractivity contribution in [1.29, 1.82) is 0 Å². The smallest absolute Gasteiger partial charge is 0.330 e. The van der Waals surface area contributed by atoms with Gasteiger partial charge in [0.05, 0.1) is 12.1 Å². The summed E-state index contributed by atoms with van der Waals surface area (Å²) in [6.07, 6.45) is 0.374. The summed E-state index contributed by atoms with van der Waals surface area (Å²) in [7, 11) is 0. The summed E-state index contributed by atoms with van der Waals surface area (Å²) in [6.45, 7) is 0.367. The highest BCUT2D eigenvalue weighted by Gasteiger charge is 2.58. The lowest BCUT2D eigenvalue weighted by Crippen LogP contribution is -2.55. The fraction of sp³-hybridized carbons (Fsp3) is 0.667.